The van der Waals surface area contributed by atoms with Crippen LogP contribution in [0.3, 0.4) is 0 Å². The Morgan fingerprint density at radius 3 is 3.00 bits per heavy atom. The predicted octanol–water partition coefficient (Wildman–Crippen LogP) is 3.11. The number of hydrogen-bond acceptors (Lipinski definition) is 3. The summed E-state index contributed by atoms with van der Waals surface area (Å²) < 4.78 is 0.940. The Labute approximate surface area is 116 Å². The summed E-state index contributed by atoms with van der Waals surface area (Å²) in [7, 11) is 0. The molecule has 0 aromatic carbocycles. The summed E-state index contributed by atoms with van der Waals surface area (Å²) in [5, 5.41) is 9.53. The summed E-state index contributed by atoms with van der Waals surface area (Å²) in [6, 6.07) is 2.64. The van der Waals surface area contributed by atoms with Crippen LogP contribution in [-0.4, -0.2) is 22.7 Å². The average molecular weight is 311 g/mol. The van der Waals surface area contributed by atoms with Crippen molar-refractivity contribution in [3.8, 4) is 0 Å². The summed E-state index contributed by atoms with van der Waals surface area (Å²) in [5.74, 6) is 1.84. The van der Waals surface area contributed by atoms with E-state index in [0.717, 1.165) is 28.3 Å². The molecular weight excluding hydrogens is 292 g/mol. The van der Waals surface area contributed by atoms with Crippen LogP contribution in [0, 0.1) is 5.92 Å². The molecule has 1 saturated carbocycles. The zero-order chi connectivity index (χ0) is 12.5. The number of aromatic nitrogens is 1. The van der Waals surface area contributed by atoms with E-state index in [2.05, 4.69) is 25.8 Å². The molecule has 0 bridgehead atoms. The fourth-order valence-electron chi connectivity index (χ4n) is 3.57. The summed E-state index contributed by atoms with van der Waals surface area (Å²) in [4.78, 5) is 7.00. The minimum Gasteiger partial charge on any atom is -0.392 e. The zero-order valence-electron chi connectivity index (χ0n) is 10.5. The molecule has 1 N–H and O–H groups in total. The second kappa shape index (κ2) is 5.17. The van der Waals surface area contributed by atoms with E-state index in [1.165, 1.54) is 32.1 Å². The highest BCUT2D eigenvalue weighted by molar-refractivity contribution is 9.10. The Morgan fingerprint density at radius 1 is 1.33 bits per heavy atom. The molecule has 2 atom stereocenters. The third-order valence-corrected chi connectivity index (χ3v) is 4.78. The lowest BCUT2D eigenvalue weighted by Gasteiger charge is -2.39. The van der Waals surface area contributed by atoms with Crippen molar-refractivity contribution in [2.75, 3.05) is 11.4 Å². The van der Waals surface area contributed by atoms with Crippen molar-refractivity contribution in [1.82, 2.24) is 4.98 Å². The second-order valence-electron chi connectivity index (χ2n) is 5.39. The van der Waals surface area contributed by atoms with Crippen LogP contribution in [0.2, 0.25) is 0 Å². The van der Waals surface area contributed by atoms with Crippen molar-refractivity contribution in [2.24, 2.45) is 5.92 Å². The molecule has 1 aliphatic carbocycles. The molecule has 2 aliphatic rings. The van der Waals surface area contributed by atoms with Crippen molar-refractivity contribution in [2.45, 2.75) is 44.8 Å². The van der Waals surface area contributed by atoms with E-state index in [1.807, 2.05) is 12.3 Å². The number of piperidine rings is 1. The van der Waals surface area contributed by atoms with Gasteiger partial charge in [0.25, 0.3) is 0 Å². The summed E-state index contributed by atoms with van der Waals surface area (Å²) in [6.07, 6.45) is 8.46. The van der Waals surface area contributed by atoms with Crippen LogP contribution < -0.4 is 4.90 Å². The van der Waals surface area contributed by atoms with E-state index in [0.29, 0.717) is 6.04 Å². The summed E-state index contributed by atoms with van der Waals surface area (Å²) >= 11 is 3.43. The Morgan fingerprint density at radius 2 is 2.17 bits per heavy atom. The Hall–Kier alpha value is -0.610. The van der Waals surface area contributed by atoms with E-state index in [9.17, 15) is 5.11 Å². The zero-order valence-corrected chi connectivity index (χ0v) is 12.1. The number of anilines is 1. The smallest absolute Gasteiger partial charge is 0.134 e. The first-order valence-corrected chi connectivity index (χ1v) is 7.61. The number of nitrogens with zero attached hydrogens (tertiary/aromatic N) is 2. The molecule has 0 amide bonds. The third-order valence-electron chi connectivity index (χ3n) is 4.35. The highest BCUT2D eigenvalue weighted by Gasteiger charge is 2.36. The van der Waals surface area contributed by atoms with Gasteiger partial charge in [-0.2, -0.15) is 0 Å². The molecule has 1 aromatic rings. The van der Waals surface area contributed by atoms with Gasteiger partial charge in [-0.25, -0.2) is 4.98 Å². The van der Waals surface area contributed by atoms with E-state index in [4.69, 9.17) is 0 Å². The quantitative estimate of drug-likeness (QED) is 0.912. The molecule has 2 fully saturated rings. The van der Waals surface area contributed by atoms with Crippen molar-refractivity contribution in [3.05, 3.63) is 22.3 Å². The molecular formula is C14H19BrN2O. The first-order chi connectivity index (χ1) is 8.79. The fourth-order valence-corrected chi connectivity index (χ4v) is 3.94. The minimum atomic E-state index is 0.0651. The standard InChI is InChI=1S/C14H19BrN2O/c15-12-7-11(9-18)14(16-8-12)17-6-2-4-10-3-1-5-13(10)17/h7-8,10,13,18H,1-6,9H2. The Bertz CT molecular complexity index is 438. The first kappa shape index (κ1) is 12.4. The topological polar surface area (TPSA) is 36.4 Å². The van der Waals surface area contributed by atoms with Crippen molar-refractivity contribution in [1.29, 1.82) is 0 Å². The number of halogens is 1. The molecule has 4 heteroatoms. The first-order valence-electron chi connectivity index (χ1n) is 6.81. The van der Waals surface area contributed by atoms with E-state index in [1.54, 1.807) is 0 Å². The van der Waals surface area contributed by atoms with Gasteiger partial charge in [0.05, 0.1) is 6.61 Å². The van der Waals surface area contributed by atoms with Crippen LogP contribution in [0.1, 0.15) is 37.7 Å². The third kappa shape index (κ3) is 2.16. The summed E-state index contributed by atoms with van der Waals surface area (Å²) in [6.45, 7) is 1.15. The molecule has 1 saturated heterocycles. The molecule has 1 aliphatic heterocycles. The van der Waals surface area contributed by atoms with E-state index >= 15 is 0 Å². The largest absolute Gasteiger partial charge is 0.392 e. The normalized spacial score (nSPS) is 27.3. The second-order valence-corrected chi connectivity index (χ2v) is 6.30. The van der Waals surface area contributed by atoms with Crippen LogP contribution >= 0.6 is 15.9 Å². The Balaban J connectivity index is 1.93. The number of fused-ring (bicyclic) bond motifs is 1. The van der Waals surface area contributed by atoms with E-state index < -0.39 is 0 Å². The SMILES string of the molecule is OCc1cc(Br)cnc1N1CCCC2CCCC21. The lowest BCUT2D eigenvalue weighted by atomic mass is 9.91. The van der Waals surface area contributed by atoms with Gasteiger partial charge < -0.3 is 10.0 Å². The number of hydrogen-bond donors (Lipinski definition) is 1. The summed E-state index contributed by atoms with van der Waals surface area (Å²) in [5.41, 5.74) is 0.942. The molecule has 18 heavy (non-hydrogen) atoms. The van der Waals surface area contributed by atoms with Gasteiger partial charge in [0.15, 0.2) is 0 Å². The number of aliphatic hydroxyl groups excluding tert-OH is 1. The molecule has 2 unspecified atom stereocenters. The van der Waals surface area contributed by atoms with Gasteiger partial charge in [0.1, 0.15) is 5.82 Å². The van der Waals surface area contributed by atoms with Crippen LogP contribution in [-0.2, 0) is 6.61 Å². The highest BCUT2D eigenvalue weighted by atomic mass is 79.9. The van der Waals surface area contributed by atoms with E-state index in [-0.39, 0.29) is 6.61 Å². The molecule has 3 nitrogen and oxygen atoms in total. The minimum absolute atomic E-state index is 0.0651. The van der Waals surface area contributed by atoms with Crippen molar-refractivity contribution < 1.29 is 5.11 Å². The maximum absolute atomic E-state index is 9.53. The fraction of sp³-hybridized carbons (Fsp3) is 0.643. The van der Waals surface area contributed by atoms with Gasteiger partial charge >= 0.3 is 0 Å². The van der Waals surface area contributed by atoms with Crippen LogP contribution in [0.4, 0.5) is 5.82 Å². The molecule has 3 rings (SSSR count). The maximum Gasteiger partial charge on any atom is 0.134 e. The lowest BCUT2D eigenvalue weighted by molar-refractivity contribution is 0.280. The molecule has 0 radical (unpaired) electrons. The van der Waals surface area contributed by atoms with Crippen LogP contribution in [0.25, 0.3) is 0 Å². The van der Waals surface area contributed by atoms with Crippen molar-refractivity contribution in [3.63, 3.8) is 0 Å². The molecule has 98 valence electrons. The van der Waals surface area contributed by atoms with Crippen molar-refractivity contribution >= 4 is 21.7 Å². The molecule has 1 aromatic heterocycles. The Kier molecular flexibility index (Phi) is 3.57. The van der Waals surface area contributed by atoms with Gasteiger partial charge in [0.2, 0.25) is 0 Å². The molecule has 0 spiro atoms. The predicted molar refractivity (Wildman–Crippen MR) is 75.6 cm³/mol. The van der Waals surface area contributed by atoms with Crippen LogP contribution in [0.5, 0.6) is 0 Å². The lowest BCUT2D eigenvalue weighted by Crippen LogP contribution is -2.43. The average Bonchev–Trinajstić information content (AvgIpc) is 2.86. The maximum atomic E-state index is 9.53. The molecule has 2 heterocycles. The van der Waals surface area contributed by atoms with Gasteiger partial charge in [-0.3, -0.25) is 0 Å². The number of pyridine rings is 1. The van der Waals surface area contributed by atoms with Gasteiger partial charge in [-0.1, -0.05) is 6.42 Å². The van der Waals surface area contributed by atoms with Gasteiger partial charge in [-0.15, -0.1) is 0 Å². The number of aliphatic hydroxyl groups is 1. The number of rotatable bonds is 2. The monoisotopic (exact) mass is 310 g/mol. The van der Waals surface area contributed by atoms with Gasteiger partial charge in [0, 0.05) is 28.8 Å². The van der Waals surface area contributed by atoms with Gasteiger partial charge in [-0.05, 0) is 53.6 Å². The highest BCUT2D eigenvalue weighted by Crippen LogP contribution is 2.39. The van der Waals surface area contributed by atoms with Crippen LogP contribution in [0.15, 0.2) is 16.7 Å².